The summed E-state index contributed by atoms with van der Waals surface area (Å²) < 4.78 is 13.8. The van der Waals surface area contributed by atoms with E-state index in [9.17, 15) is 19.1 Å². The van der Waals surface area contributed by atoms with Gasteiger partial charge in [-0.05, 0) is 24.8 Å². The maximum Gasteiger partial charge on any atom is 0.325 e. The van der Waals surface area contributed by atoms with Crippen LogP contribution < -0.4 is 5.32 Å². The number of amides is 3. The van der Waals surface area contributed by atoms with Gasteiger partial charge in [0.2, 0.25) is 0 Å². The molecule has 3 amide bonds. The highest BCUT2D eigenvalue weighted by Gasteiger charge is 2.55. The van der Waals surface area contributed by atoms with E-state index in [4.69, 9.17) is 0 Å². The molecule has 0 bridgehead atoms. The van der Waals surface area contributed by atoms with Crippen molar-refractivity contribution in [1.82, 2.24) is 10.2 Å². The van der Waals surface area contributed by atoms with Crippen LogP contribution in [0.5, 0.6) is 0 Å². The Bertz CT molecular complexity index is 636. The molecule has 23 heavy (non-hydrogen) atoms. The van der Waals surface area contributed by atoms with E-state index >= 15 is 0 Å². The van der Waals surface area contributed by atoms with E-state index in [1.165, 1.54) is 18.2 Å². The number of imide groups is 1. The van der Waals surface area contributed by atoms with E-state index in [-0.39, 0.29) is 23.9 Å². The van der Waals surface area contributed by atoms with Crippen molar-refractivity contribution in [2.45, 2.75) is 44.2 Å². The summed E-state index contributed by atoms with van der Waals surface area (Å²) in [6, 6.07) is 5.34. The number of aliphatic hydroxyl groups is 1. The zero-order valence-corrected chi connectivity index (χ0v) is 13.1. The van der Waals surface area contributed by atoms with Crippen molar-refractivity contribution in [3.05, 3.63) is 35.6 Å². The molecule has 1 aliphatic carbocycles. The van der Waals surface area contributed by atoms with Crippen molar-refractivity contribution in [3.8, 4) is 0 Å². The maximum atomic E-state index is 13.8. The molecule has 6 heteroatoms. The molecule has 1 aliphatic heterocycles. The molecule has 3 rings (SSSR count). The van der Waals surface area contributed by atoms with Crippen LogP contribution in [0.15, 0.2) is 24.3 Å². The SMILES string of the molecule is C[C@@H]1CCCC[C@@]12NC(=O)N(C[C@H](O)c1ccccc1F)C2=O. The van der Waals surface area contributed by atoms with Crippen molar-refractivity contribution in [1.29, 1.82) is 0 Å². The minimum atomic E-state index is -1.24. The molecule has 1 saturated heterocycles. The number of nitrogens with zero attached hydrogens (tertiary/aromatic N) is 1. The van der Waals surface area contributed by atoms with Crippen molar-refractivity contribution < 1.29 is 19.1 Å². The third kappa shape index (κ3) is 2.61. The summed E-state index contributed by atoms with van der Waals surface area (Å²) in [6.07, 6.45) is 2.20. The number of carbonyl (C=O) groups excluding carboxylic acids is 2. The number of aliphatic hydroxyl groups excluding tert-OH is 1. The van der Waals surface area contributed by atoms with Crippen LogP contribution in [-0.4, -0.2) is 34.0 Å². The molecule has 1 aromatic carbocycles. The predicted octanol–water partition coefficient (Wildman–Crippen LogP) is 2.36. The quantitative estimate of drug-likeness (QED) is 0.840. The van der Waals surface area contributed by atoms with Gasteiger partial charge in [-0.25, -0.2) is 9.18 Å². The number of urea groups is 1. The van der Waals surface area contributed by atoms with Gasteiger partial charge in [-0.15, -0.1) is 0 Å². The van der Waals surface area contributed by atoms with Gasteiger partial charge in [-0.3, -0.25) is 9.69 Å². The molecule has 0 radical (unpaired) electrons. The Labute approximate surface area is 134 Å². The van der Waals surface area contributed by atoms with Gasteiger partial charge < -0.3 is 10.4 Å². The van der Waals surface area contributed by atoms with E-state index in [0.717, 1.165) is 24.2 Å². The minimum absolute atomic E-state index is 0.0586. The van der Waals surface area contributed by atoms with Crippen LogP contribution >= 0.6 is 0 Å². The van der Waals surface area contributed by atoms with Crippen molar-refractivity contribution in [3.63, 3.8) is 0 Å². The number of rotatable bonds is 3. The predicted molar refractivity (Wildman–Crippen MR) is 82.0 cm³/mol. The average Bonchev–Trinajstić information content (AvgIpc) is 2.76. The molecule has 2 N–H and O–H groups in total. The first-order valence-electron chi connectivity index (χ1n) is 8.02. The number of carbonyl (C=O) groups is 2. The molecule has 124 valence electrons. The normalized spacial score (nSPS) is 29.0. The first-order valence-corrected chi connectivity index (χ1v) is 8.02. The fraction of sp³-hybridized carbons (Fsp3) is 0.529. The smallest absolute Gasteiger partial charge is 0.325 e. The lowest BCUT2D eigenvalue weighted by Gasteiger charge is -2.37. The minimum Gasteiger partial charge on any atom is -0.386 e. The first-order chi connectivity index (χ1) is 11.0. The summed E-state index contributed by atoms with van der Waals surface area (Å²) in [5.41, 5.74) is -0.768. The fourth-order valence-corrected chi connectivity index (χ4v) is 3.68. The summed E-state index contributed by atoms with van der Waals surface area (Å²) >= 11 is 0. The Morgan fingerprint density at radius 3 is 2.83 bits per heavy atom. The molecule has 2 aliphatic rings. The molecule has 0 unspecified atom stereocenters. The van der Waals surface area contributed by atoms with Crippen LogP contribution in [0.25, 0.3) is 0 Å². The van der Waals surface area contributed by atoms with Crippen LogP contribution in [0.3, 0.4) is 0 Å². The third-order valence-electron chi connectivity index (χ3n) is 5.12. The van der Waals surface area contributed by atoms with Gasteiger partial charge in [0.15, 0.2) is 0 Å². The van der Waals surface area contributed by atoms with Crippen LogP contribution in [0.2, 0.25) is 0 Å². The highest BCUT2D eigenvalue weighted by molar-refractivity contribution is 6.07. The topological polar surface area (TPSA) is 69.6 Å². The summed E-state index contributed by atoms with van der Waals surface area (Å²) in [4.78, 5) is 26.1. The monoisotopic (exact) mass is 320 g/mol. The largest absolute Gasteiger partial charge is 0.386 e. The van der Waals surface area contributed by atoms with Crippen molar-refractivity contribution in [2.75, 3.05) is 6.54 Å². The van der Waals surface area contributed by atoms with Gasteiger partial charge in [0, 0.05) is 5.56 Å². The highest BCUT2D eigenvalue weighted by atomic mass is 19.1. The molecule has 1 heterocycles. The molecular weight excluding hydrogens is 299 g/mol. The Morgan fingerprint density at radius 2 is 2.13 bits per heavy atom. The van der Waals surface area contributed by atoms with Crippen LogP contribution in [0, 0.1) is 11.7 Å². The van der Waals surface area contributed by atoms with Crippen LogP contribution in [0.4, 0.5) is 9.18 Å². The van der Waals surface area contributed by atoms with E-state index < -0.39 is 23.5 Å². The lowest BCUT2D eigenvalue weighted by molar-refractivity contribution is -0.135. The number of hydrogen-bond acceptors (Lipinski definition) is 3. The van der Waals surface area contributed by atoms with Gasteiger partial charge in [-0.1, -0.05) is 38.0 Å². The lowest BCUT2D eigenvalue weighted by Crippen LogP contribution is -2.54. The molecule has 2 fully saturated rings. The second-order valence-corrected chi connectivity index (χ2v) is 6.50. The number of benzene rings is 1. The zero-order chi connectivity index (χ0) is 16.6. The molecule has 1 aromatic rings. The summed E-state index contributed by atoms with van der Waals surface area (Å²) in [5, 5.41) is 13.1. The number of nitrogens with one attached hydrogen (secondary N) is 1. The Hall–Kier alpha value is -1.95. The van der Waals surface area contributed by atoms with Crippen molar-refractivity contribution in [2.24, 2.45) is 5.92 Å². The molecule has 1 saturated carbocycles. The molecule has 5 nitrogen and oxygen atoms in total. The van der Waals surface area contributed by atoms with Gasteiger partial charge >= 0.3 is 6.03 Å². The Kier molecular flexibility index (Phi) is 4.10. The van der Waals surface area contributed by atoms with Gasteiger partial charge in [-0.2, -0.15) is 0 Å². The number of halogens is 1. The first kappa shape index (κ1) is 15.9. The molecule has 1 spiro atoms. The zero-order valence-electron chi connectivity index (χ0n) is 13.1. The van der Waals surface area contributed by atoms with Crippen molar-refractivity contribution >= 4 is 11.9 Å². The summed E-state index contributed by atoms with van der Waals surface area (Å²) in [7, 11) is 0. The highest BCUT2D eigenvalue weighted by Crippen LogP contribution is 2.38. The summed E-state index contributed by atoms with van der Waals surface area (Å²) in [6.45, 7) is 1.73. The van der Waals surface area contributed by atoms with Gasteiger partial charge in [0.1, 0.15) is 11.4 Å². The van der Waals surface area contributed by atoms with E-state index in [2.05, 4.69) is 5.32 Å². The number of hydrogen-bond donors (Lipinski definition) is 2. The van der Waals surface area contributed by atoms with Gasteiger partial charge in [0.25, 0.3) is 5.91 Å². The second-order valence-electron chi connectivity index (χ2n) is 6.50. The molecule has 3 atom stereocenters. The molecule has 0 aromatic heterocycles. The average molecular weight is 320 g/mol. The second kappa shape index (κ2) is 5.92. The number of β-amino-alcohol motifs (C(OH)–C–C–N with tert-alkyl or cyclic N) is 1. The van der Waals surface area contributed by atoms with Crippen LogP contribution in [0.1, 0.15) is 44.3 Å². The Balaban J connectivity index is 1.80. The standard InChI is InChI=1S/C17H21FN2O3/c1-11-6-4-5-9-17(11)15(22)20(16(23)19-17)10-14(21)12-7-2-3-8-13(12)18/h2-3,7-8,11,14,21H,4-6,9-10H2,1H3,(H,19,23)/t11-,14+,17-/m1/s1. The molecular formula is C17H21FN2O3. The van der Waals surface area contributed by atoms with E-state index in [1.807, 2.05) is 6.92 Å². The van der Waals surface area contributed by atoms with E-state index in [1.54, 1.807) is 6.07 Å². The maximum absolute atomic E-state index is 13.8. The fourth-order valence-electron chi connectivity index (χ4n) is 3.68. The van der Waals surface area contributed by atoms with Crippen LogP contribution in [-0.2, 0) is 4.79 Å². The Morgan fingerprint density at radius 1 is 1.39 bits per heavy atom. The summed E-state index contributed by atoms with van der Waals surface area (Å²) in [5.74, 6) is -0.791. The van der Waals surface area contributed by atoms with E-state index in [0.29, 0.717) is 6.42 Å². The van der Waals surface area contributed by atoms with Gasteiger partial charge in [0.05, 0.1) is 12.6 Å². The lowest BCUT2D eigenvalue weighted by atomic mass is 9.73. The third-order valence-corrected chi connectivity index (χ3v) is 5.12.